The third-order valence-electron chi connectivity index (χ3n) is 4.13. The van der Waals surface area contributed by atoms with E-state index in [-0.39, 0.29) is 0 Å². The van der Waals surface area contributed by atoms with Gasteiger partial charge in [0.1, 0.15) is 10.5 Å². The molecule has 1 unspecified atom stereocenters. The van der Waals surface area contributed by atoms with Crippen LogP contribution in [0.1, 0.15) is 49.3 Å². The standard InChI is InChI=1S/C15H26N4S/c1-10(2)13-11(3)16-14(17-15(13)20)12-9-18(4)7-6-8-19(12)5/h10,12H,6-9H2,1-5H3,(H,16,17,20). The van der Waals surface area contributed by atoms with E-state index in [4.69, 9.17) is 17.2 Å². The van der Waals surface area contributed by atoms with E-state index in [0.717, 1.165) is 35.8 Å². The molecular weight excluding hydrogens is 268 g/mol. The lowest BCUT2D eigenvalue weighted by molar-refractivity contribution is 0.219. The van der Waals surface area contributed by atoms with Crippen molar-refractivity contribution in [1.82, 2.24) is 19.8 Å². The summed E-state index contributed by atoms with van der Waals surface area (Å²) in [5.41, 5.74) is 2.34. The van der Waals surface area contributed by atoms with Gasteiger partial charge >= 0.3 is 0 Å². The number of rotatable bonds is 2. The molecule has 0 amide bonds. The van der Waals surface area contributed by atoms with Crippen molar-refractivity contribution < 1.29 is 0 Å². The van der Waals surface area contributed by atoms with E-state index in [9.17, 15) is 0 Å². The summed E-state index contributed by atoms with van der Waals surface area (Å²) >= 11 is 5.51. The summed E-state index contributed by atoms with van der Waals surface area (Å²) in [5, 5.41) is 0. The maximum absolute atomic E-state index is 5.51. The second-order valence-corrected chi connectivity index (χ2v) is 6.62. The summed E-state index contributed by atoms with van der Waals surface area (Å²) in [6.45, 7) is 9.68. The van der Waals surface area contributed by atoms with Gasteiger partial charge in [-0.3, -0.25) is 4.90 Å². The second kappa shape index (κ2) is 6.33. The molecule has 1 N–H and O–H groups in total. The highest BCUT2D eigenvalue weighted by Crippen LogP contribution is 2.24. The smallest absolute Gasteiger partial charge is 0.133 e. The summed E-state index contributed by atoms with van der Waals surface area (Å²) < 4.78 is 0.756. The molecule has 5 heteroatoms. The van der Waals surface area contributed by atoms with Gasteiger partial charge in [-0.05, 0) is 46.4 Å². The molecule has 1 saturated heterocycles. The number of hydrogen-bond acceptors (Lipinski definition) is 4. The fraction of sp³-hybridized carbons (Fsp3) is 0.733. The van der Waals surface area contributed by atoms with Crippen molar-refractivity contribution in [2.24, 2.45) is 0 Å². The molecule has 0 spiro atoms. The number of hydrogen-bond donors (Lipinski definition) is 1. The van der Waals surface area contributed by atoms with Crippen molar-refractivity contribution in [3.8, 4) is 0 Å². The van der Waals surface area contributed by atoms with Crippen LogP contribution in [0.5, 0.6) is 0 Å². The van der Waals surface area contributed by atoms with Crippen molar-refractivity contribution >= 4 is 12.2 Å². The third kappa shape index (κ3) is 3.27. The van der Waals surface area contributed by atoms with Crippen molar-refractivity contribution in [2.75, 3.05) is 33.7 Å². The van der Waals surface area contributed by atoms with Gasteiger partial charge in [-0.1, -0.05) is 26.1 Å². The molecule has 2 rings (SSSR count). The first kappa shape index (κ1) is 15.6. The lowest BCUT2D eigenvalue weighted by Gasteiger charge is -2.27. The van der Waals surface area contributed by atoms with Crippen molar-refractivity contribution in [2.45, 2.75) is 39.2 Å². The zero-order chi connectivity index (χ0) is 14.9. The summed E-state index contributed by atoms with van der Waals surface area (Å²) in [6, 6.07) is 0.295. The van der Waals surface area contributed by atoms with Crippen LogP contribution in [-0.2, 0) is 0 Å². The van der Waals surface area contributed by atoms with Crippen LogP contribution in [0.25, 0.3) is 0 Å². The van der Waals surface area contributed by atoms with Gasteiger partial charge in [-0.25, -0.2) is 4.98 Å². The van der Waals surface area contributed by atoms with Crippen molar-refractivity contribution in [3.63, 3.8) is 0 Å². The van der Waals surface area contributed by atoms with Gasteiger partial charge in [-0.15, -0.1) is 0 Å². The number of nitrogens with zero attached hydrogens (tertiary/aromatic N) is 3. The second-order valence-electron chi connectivity index (χ2n) is 6.23. The fourth-order valence-electron chi connectivity index (χ4n) is 3.02. The molecule has 20 heavy (non-hydrogen) atoms. The lowest BCUT2D eigenvalue weighted by Crippen LogP contribution is -2.32. The normalized spacial score (nSPS) is 22.2. The monoisotopic (exact) mass is 294 g/mol. The molecule has 0 aliphatic carbocycles. The first-order valence-electron chi connectivity index (χ1n) is 7.39. The fourth-order valence-corrected chi connectivity index (χ4v) is 3.51. The van der Waals surface area contributed by atoms with Gasteiger partial charge in [0.25, 0.3) is 0 Å². The summed E-state index contributed by atoms with van der Waals surface area (Å²) in [6.07, 6.45) is 1.20. The highest BCUT2D eigenvalue weighted by Gasteiger charge is 2.24. The first-order valence-corrected chi connectivity index (χ1v) is 7.80. The number of H-pyrrole nitrogens is 1. The molecule has 0 aromatic carbocycles. The molecule has 1 fully saturated rings. The largest absolute Gasteiger partial charge is 0.346 e. The topological polar surface area (TPSA) is 35.2 Å². The van der Waals surface area contributed by atoms with Gasteiger partial charge in [0, 0.05) is 17.8 Å². The number of aryl methyl sites for hydroxylation is 1. The molecule has 0 saturated carbocycles. The van der Waals surface area contributed by atoms with Crippen LogP contribution in [0.3, 0.4) is 0 Å². The minimum atomic E-state index is 0.295. The highest BCUT2D eigenvalue weighted by atomic mass is 32.1. The Morgan fingerprint density at radius 2 is 2.00 bits per heavy atom. The highest BCUT2D eigenvalue weighted by molar-refractivity contribution is 7.71. The summed E-state index contributed by atoms with van der Waals surface area (Å²) in [7, 11) is 4.35. The minimum absolute atomic E-state index is 0.295. The van der Waals surface area contributed by atoms with Crippen LogP contribution in [-0.4, -0.2) is 53.5 Å². The van der Waals surface area contributed by atoms with E-state index in [0.29, 0.717) is 12.0 Å². The zero-order valence-electron chi connectivity index (χ0n) is 13.2. The number of likely N-dealkylation sites (N-methyl/N-ethyl adjacent to an activating group) is 2. The number of aromatic nitrogens is 2. The molecule has 112 valence electrons. The van der Waals surface area contributed by atoms with Crippen LogP contribution in [0.2, 0.25) is 0 Å². The Balaban J connectivity index is 2.39. The Hall–Kier alpha value is -0.780. The van der Waals surface area contributed by atoms with Crippen molar-refractivity contribution in [3.05, 3.63) is 21.7 Å². The Bertz CT molecular complexity index is 523. The van der Waals surface area contributed by atoms with Gasteiger partial charge in [0.2, 0.25) is 0 Å². The predicted octanol–water partition coefficient (Wildman–Crippen LogP) is 2.88. The predicted molar refractivity (Wildman–Crippen MR) is 85.7 cm³/mol. The van der Waals surface area contributed by atoms with E-state index in [1.54, 1.807) is 0 Å². The van der Waals surface area contributed by atoms with Crippen LogP contribution in [0.4, 0.5) is 0 Å². The Morgan fingerprint density at radius 3 is 2.60 bits per heavy atom. The molecule has 4 nitrogen and oxygen atoms in total. The van der Waals surface area contributed by atoms with E-state index in [1.807, 2.05) is 0 Å². The Labute approximate surface area is 127 Å². The molecule has 1 aliphatic heterocycles. The summed E-state index contributed by atoms with van der Waals surface area (Å²) in [5.74, 6) is 1.42. The van der Waals surface area contributed by atoms with E-state index < -0.39 is 0 Å². The molecule has 1 aromatic rings. The van der Waals surface area contributed by atoms with E-state index in [2.05, 4.69) is 49.7 Å². The molecule has 0 radical (unpaired) electrons. The Morgan fingerprint density at radius 1 is 1.30 bits per heavy atom. The van der Waals surface area contributed by atoms with Crippen molar-refractivity contribution in [1.29, 1.82) is 0 Å². The van der Waals surface area contributed by atoms with Crippen LogP contribution < -0.4 is 0 Å². The first-order chi connectivity index (χ1) is 9.40. The quantitative estimate of drug-likeness (QED) is 0.851. The Kier molecular flexibility index (Phi) is 4.94. The lowest BCUT2D eigenvalue weighted by atomic mass is 10.0. The average Bonchev–Trinajstić information content (AvgIpc) is 2.49. The maximum atomic E-state index is 5.51. The van der Waals surface area contributed by atoms with E-state index >= 15 is 0 Å². The van der Waals surface area contributed by atoms with Crippen LogP contribution in [0, 0.1) is 11.6 Å². The van der Waals surface area contributed by atoms with E-state index in [1.165, 1.54) is 12.0 Å². The van der Waals surface area contributed by atoms with Crippen LogP contribution >= 0.6 is 12.2 Å². The molecular formula is C15H26N4S. The third-order valence-corrected chi connectivity index (χ3v) is 4.44. The molecule has 2 heterocycles. The van der Waals surface area contributed by atoms with Gasteiger partial charge < -0.3 is 9.88 Å². The van der Waals surface area contributed by atoms with Crippen LogP contribution in [0.15, 0.2) is 0 Å². The van der Waals surface area contributed by atoms with Gasteiger partial charge in [-0.2, -0.15) is 0 Å². The van der Waals surface area contributed by atoms with Gasteiger partial charge in [0.05, 0.1) is 6.04 Å². The zero-order valence-corrected chi connectivity index (χ0v) is 14.0. The minimum Gasteiger partial charge on any atom is -0.346 e. The van der Waals surface area contributed by atoms with Gasteiger partial charge in [0.15, 0.2) is 0 Å². The number of aromatic amines is 1. The number of nitrogens with one attached hydrogen (secondary N) is 1. The molecule has 0 bridgehead atoms. The molecule has 1 aliphatic rings. The molecule has 1 aromatic heterocycles. The molecule has 1 atom stereocenters. The summed E-state index contributed by atoms with van der Waals surface area (Å²) in [4.78, 5) is 13.0. The maximum Gasteiger partial charge on any atom is 0.133 e. The SMILES string of the molecule is Cc1[nH]c(C2CN(C)CCCN2C)nc(=S)c1C(C)C. The average molecular weight is 294 g/mol.